The van der Waals surface area contributed by atoms with Gasteiger partial charge in [-0.05, 0) is 42.2 Å². The summed E-state index contributed by atoms with van der Waals surface area (Å²) in [4.78, 5) is 43.3. The summed E-state index contributed by atoms with van der Waals surface area (Å²) in [5.41, 5.74) is 1.37. The fourth-order valence-electron chi connectivity index (χ4n) is 5.30. The molecule has 0 aliphatic carbocycles. The maximum absolute atomic E-state index is 13.9. The molecule has 5 rings (SSSR count). The highest BCUT2D eigenvalue weighted by atomic mass is 16.5. The monoisotopic (exact) mass is 465 g/mol. The molecule has 1 N–H and O–H groups in total. The molecule has 0 unspecified atom stereocenters. The Morgan fingerprint density at radius 2 is 1.88 bits per heavy atom. The lowest BCUT2D eigenvalue weighted by molar-refractivity contribution is -0.155. The number of fused-ring (bicyclic) bond motifs is 4. The lowest BCUT2D eigenvalue weighted by Gasteiger charge is -2.53. The Morgan fingerprint density at radius 1 is 1.09 bits per heavy atom. The standard InChI is InChI=1S/C25H27N3O6/c1-32-19-8-7-16(13-20(19)33-2)9-10-28-23(30)25(22(29)26-24(28)31)14-17-5-3-4-6-18(17)27-11-12-34-15-21(25)27/h3-8,13,21H,9-12,14-15H2,1-2H3,(H,26,29,31)/t21-,25+/m1/s1. The minimum Gasteiger partial charge on any atom is -0.493 e. The number of imide groups is 2. The topological polar surface area (TPSA) is 97.4 Å². The smallest absolute Gasteiger partial charge is 0.330 e. The van der Waals surface area contributed by atoms with Crippen LogP contribution < -0.4 is 19.7 Å². The van der Waals surface area contributed by atoms with Gasteiger partial charge in [0.05, 0.1) is 33.5 Å². The van der Waals surface area contributed by atoms with Gasteiger partial charge in [-0.15, -0.1) is 0 Å². The largest absolute Gasteiger partial charge is 0.493 e. The van der Waals surface area contributed by atoms with Crippen LogP contribution in [0.25, 0.3) is 0 Å². The Hall–Kier alpha value is -3.59. The van der Waals surface area contributed by atoms with E-state index in [1.165, 1.54) is 4.90 Å². The van der Waals surface area contributed by atoms with Crippen LogP contribution in [-0.4, -0.2) is 69.3 Å². The molecule has 2 fully saturated rings. The van der Waals surface area contributed by atoms with Crippen LogP contribution in [-0.2, 0) is 27.2 Å². The molecule has 1 spiro atoms. The Balaban J connectivity index is 1.46. The Kier molecular flexibility index (Phi) is 5.65. The van der Waals surface area contributed by atoms with Gasteiger partial charge in [-0.3, -0.25) is 19.8 Å². The van der Waals surface area contributed by atoms with Gasteiger partial charge < -0.3 is 19.1 Å². The third-order valence-corrected chi connectivity index (χ3v) is 7.04. The van der Waals surface area contributed by atoms with Crippen molar-refractivity contribution in [3.05, 3.63) is 53.6 Å². The molecule has 0 aromatic heterocycles. The van der Waals surface area contributed by atoms with Crippen LogP contribution >= 0.6 is 0 Å². The van der Waals surface area contributed by atoms with Crippen molar-refractivity contribution in [3.63, 3.8) is 0 Å². The van der Waals surface area contributed by atoms with Gasteiger partial charge in [-0.2, -0.15) is 0 Å². The molecule has 2 atom stereocenters. The van der Waals surface area contributed by atoms with E-state index in [2.05, 4.69) is 10.2 Å². The average molecular weight is 466 g/mol. The first-order chi connectivity index (χ1) is 16.5. The first-order valence-corrected chi connectivity index (χ1v) is 11.3. The van der Waals surface area contributed by atoms with Crippen molar-refractivity contribution in [2.45, 2.75) is 18.9 Å². The number of urea groups is 1. The number of barbiturate groups is 1. The molecule has 3 heterocycles. The number of para-hydroxylation sites is 1. The lowest BCUT2D eigenvalue weighted by Crippen LogP contribution is -2.74. The maximum Gasteiger partial charge on any atom is 0.330 e. The second kappa shape index (κ2) is 8.64. The number of ether oxygens (including phenoxy) is 3. The number of rotatable bonds is 5. The van der Waals surface area contributed by atoms with Crippen molar-refractivity contribution in [2.24, 2.45) is 5.41 Å². The average Bonchev–Trinajstić information content (AvgIpc) is 2.87. The van der Waals surface area contributed by atoms with Crippen LogP contribution in [0.3, 0.4) is 0 Å². The minimum absolute atomic E-state index is 0.129. The number of carbonyl (C=O) groups is 3. The zero-order valence-corrected chi connectivity index (χ0v) is 19.2. The summed E-state index contributed by atoms with van der Waals surface area (Å²) in [5.74, 6) is 0.136. The number of amides is 4. The third kappa shape index (κ3) is 3.38. The van der Waals surface area contributed by atoms with Crippen LogP contribution in [0.4, 0.5) is 10.5 Å². The van der Waals surface area contributed by atoms with Gasteiger partial charge in [0, 0.05) is 18.8 Å². The number of carbonyl (C=O) groups excluding carboxylic acids is 3. The van der Waals surface area contributed by atoms with Crippen molar-refractivity contribution in [3.8, 4) is 11.5 Å². The Bertz CT molecular complexity index is 1150. The van der Waals surface area contributed by atoms with Gasteiger partial charge in [0.25, 0.3) is 0 Å². The molecule has 3 aliphatic heterocycles. The Morgan fingerprint density at radius 3 is 2.68 bits per heavy atom. The van der Waals surface area contributed by atoms with E-state index in [4.69, 9.17) is 14.2 Å². The van der Waals surface area contributed by atoms with Gasteiger partial charge in [0.15, 0.2) is 16.9 Å². The van der Waals surface area contributed by atoms with E-state index in [0.29, 0.717) is 31.1 Å². The number of methoxy groups -OCH3 is 2. The number of morpholine rings is 1. The molecule has 9 heteroatoms. The first kappa shape index (κ1) is 22.2. The third-order valence-electron chi connectivity index (χ3n) is 7.04. The van der Waals surface area contributed by atoms with Crippen molar-refractivity contribution < 1.29 is 28.6 Å². The fraction of sp³-hybridized carbons (Fsp3) is 0.400. The van der Waals surface area contributed by atoms with Gasteiger partial charge in [-0.1, -0.05) is 24.3 Å². The summed E-state index contributed by atoms with van der Waals surface area (Å²) < 4.78 is 16.4. The van der Waals surface area contributed by atoms with Crippen LogP contribution in [0.5, 0.6) is 11.5 Å². The van der Waals surface area contributed by atoms with Crippen molar-refractivity contribution in [2.75, 3.05) is 45.4 Å². The predicted molar refractivity (Wildman–Crippen MR) is 123 cm³/mol. The maximum atomic E-state index is 13.9. The molecule has 178 valence electrons. The highest BCUT2D eigenvalue weighted by Crippen LogP contribution is 2.45. The molecule has 4 amide bonds. The molecule has 2 saturated heterocycles. The number of nitrogens with zero attached hydrogens (tertiary/aromatic N) is 2. The summed E-state index contributed by atoms with van der Waals surface area (Å²) in [6, 6.07) is 12.1. The molecule has 34 heavy (non-hydrogen) atoms. The van der Waals surface area contributed by atoms with Crippen molar-refractivity contribution in [1.29, 1.82) is 0 Å². The lowest BCUT2D eigenvalue weighted by atomic mass is 9.68. The van der Waals surface area contributed by atoms with E-state index in [0.717, 1.165) is 16.8 Å². The van der Waals surface area contributed by atoms with Crippen LogP contribution in [0, 0.1) is 5.41 Å². The summed E-state index contributed by atoms with van der Waals surface area (Å²) in [6.45, 7) is 1.46. The van der Waals surface area contributed by atoms with Gasteiger partial charge in [-0.25, -0.2) is 4.79 Å². The van der Waals surface area contributed by atoms with Gasteiger partial charge >= 0.3 is 6.03 Å². The van der Waals surface area contributed by atoms with E-state index < -0.39 is 29.3 Å². The number of anilines is 1. The molecular weight excluding hydrogens is 438 g/mol. The van der Waals surface area contributed by atoms with Crippen LogP contribution in [0.2, 0.25) is 0 Å². The van der Waals surface area contributed by atoms with Gasteiger partial charge in [0.1, 0.15) is 0 Å². The summed E-state index contributed by atoms with van der Waals surface area (Å²) in [5, 5.41) is 2.46. The van der Waals surface area contributed by atoms with E-state index in [1.807, 2.05) is 36.4 Å². The highest BCUT2D eigenvalue weighted by molar-refractivity contribution is 6.20. The molecular formula is C25H27N3O6. The van der Waals surface area contributed by atoms with Crippen LogP contribution in [0.15, 0.2) is 42.5 Å². The zero-order chi connectivity index (χ0) is 23.9. The summed E-state index contributed by atoms with van der Waals surface area (Å²) in [7, 11) is 3.11. The molecule has 2 aromatic rings. The minimum atomic E-state index is -1.43. The predicted octanol–water partition coefficient (Wildman–Crippen LogP) is 1.77. The molecule has 3 aliphatic rings. The summed E-state index contributed by atoms with van der Waals surface area (Å²) in [6.07, 6.45) is 0.629. The number of hydrogen-bond donors (Lipinski definition) is 1. The number of nitrogens with one attached hydrogen (secondary N) is 1. The van der Waals surface area contributed by atoms with E-state index in [-0.39, 0.29) is 19.6 Å². The molecule has 0 saturated carbocycles. The fourth-order valence-corrected chi connectivity index (χ4v) is 5.30. The first-order valence-electron chi connectivity index (χ1n) is 11.3. The van der Waals surface area contributed by atoms with Crippen molar-refractivity contribution >= 4 is 23.5 Å². The van der Waals surface area contributed by atoms with E-state index in [9.17, 15) is 14.4 Å². The zero-order valence-electron chi connectivity index (χ0n) is 19.2. The second-order valence-electron chi connectivity index (χ2n) is 8.72. The SMILES string of the molecule is COc1ccc(CCN2C(=O)NC(=O)[C@@]3(Cc4ccccc4N4CCOC[C@@H]43)C2=O)cc1OC. The van der Waals surface area contributed by atoms with E-state index in [1.54, 1.807) is 20.3 Å². The highest BCUT2D eigenvalue weighted by Gasteiger charge is 2.62. The Labute approximate surface area is 197 Å². The normalized spacial score (nSPS) is 23.9. The van der Waals surface area contributed by atoms with Crippen LogP contribution in [0.1, 0.15) is 11.1 Å². The number of benzene rings is 2. The molecule has 2 aromatic carbocycles. The summed E-state index contributed by atoms with van der Waals surface area (Å²) >= 11 is 0. The molecule has 0 radical (unpaired) electrons. The van der Waals surface area contributed by atoms with Gasteiger partial charge in [0.2, 0.25) is 11.8 Å². The van der Waals surface area contributed by atoms with Crippen molar-refractivity contribution in [1.82, 2.24) is 10.2 Å². The van der Waals surface area contributed by atoms with E-state index >= 15 is 0 Å². The molecule has 9 nitrogen and oxygen atoms in total. The number of hydrogen-bond acceptors (Lipinski definition) is 7. The second-order valence-corrected chi connectivity index (χ2v) is 8.72. The quantitative estimate of drug-likeness (QED) is 0.672. The molecule has 0 bridgehead atoms.